The van der Waals surface area contributed by atoms with Crippen molar-refractivity contribution < 1.29 is 14.3 Å². The highest BCUT2D eigenvalue weighted by Gasteiger charge is 2.16. The molecule has 10 heteroatoms. The van der Waals surface area contributed by atoms with Crippen molar-refractivity contribution in [2.75, 3.05) is 31.0 Å². The second-order valence-electron chi connectivity index (χ2n) is 5.88. The van der Waals surface area contributed by atoms with Crippen molar-refractivity contribution in [1.29, 1.82) is 0 Å². The number of aryl methyl sites for hydroxylation is 2. The average molecular weight is 439 g/mol. The van der Waals surface area contributed by atoms with Gasteiger partial charge in [0.1, 0.15) is 22.1 Å². The molecule has 0 aliphatic heterocycles. The summed E-state index contributed by atoms with van der Waals surface area (Å²) in [6, 6.07) is 3.20. The molecule has 3 N–H and O–H groups in total. The first-order valence-electron chi connectivity index (χ1n) is 8.21. The monoisotopic (exact) mass is 438 g/mol. The molecule has 0 bridgehead atoms. The Hall–Kier alpha value is -2.23. The van der Waals surface area contributed by atoms with Crippen molar-refractivity contribution >= 4 is 62.3 Å². The summed E-state index contributed by atoms with van der Waals surface area (Å²) in [5.74, 6) is 1.18. The third-order valence-corrected chi connectivity index (χ3v) is 6.36. The number of nitrogens with two attached hydrogens (primary N) is 1. The summed E-state index contributed by atoms with van der Waals surface area (Å²) >= 11 is 8.86. The van der Waals surface area contributed by atoms with Gasteiger partial charge in [-0.25, -0.2) is 9.97 Å². The highest BCUT2D eigenvalue weighted by atomic mass is 35.5. The number of anilines is 2. The summed E-state index contributed by atoms with van der Waals surface area (Å²) in [6.45, 7) is 4.02. The molecular weight excluding hydrogens is 420 g/mol. The number of nitrogens with zero attached hydrogens (tertiary/aromatic N) is 2. The van der Waals surface area contributed by atoms with Crippen LogP contribution in [0.25, 0.3) is 10.2 Å². The summed E-state index contributed by atoms with van der Waals surface area (Å²) < 4.78 is 10.5. The Morgan fingerprint density at radius 1 is 1.25 bits per heavy atom. The van der Waals surface area contributed by atoms with Crippen LogP contribution in [0.5, 0.6) is 11.5 Å². The first-order chi connectivity index (χ1) is 13.3. The van der Waals surface area contributed by atoms with Gasteiger partial charge in [0.15, 0.2) is 5.16 Å². The lowest BCUT2D eigenvalue weighted by Crippen LogP contribution is -2.15. The van der Waals surface area contributed by atoms with E-state index < -0.39 is 0 Å². The summed E-state index contributed by atoms with van der Waals surface area (Å²) in [6.07, 6.45) is 0. The third kappa shape index (κ3) is 4.11. The van der Waals surface area contributed by atoms with E-state index in [9.17, 15) is 4.79 Å². The zero-order valence-corrected chi connectivity index (χ0v) is 18.1. The van der Waals surface area contributed by atoms with Crippen molar-refractivity contribution in [3.05, 3.63) is 27.6 Å². The number of carbonyl (C=O) groups is 1. The fourth-order valence-electron chi connectivity index (χ4n) is 2.60. The van der Waals surface area contributed by atoms with Crippen LogP contribution in [0.15, 0.2) is 17.3 Å². The lowest BCUT2D eigenvalue weighted by Gasteiger charge is -2.13. The van der Waals surface area contributed by atoms with Crippen LogP contribution in [0.4, 0.5) is 11.5 Å². The minimum Gasteiger partial charge on any atom is -0.495 e. The van der Waals surface area contributed by atoms with Crippen LogP contribution >= 0.6 is 34.7 Å². The van der Waals surface area contributed by atoms with Crippen LogP contribution in [0.3, 0.4) is 0 Å². The van der Waals surface area contributed by atoms with Gasteiger partial charge in [-0.3, -0.25) is 4.79 Å². The zero-order chi connectivity index (χ0) is 20.4. The number of aromatic nitrogens is 2. The molecule has 2 heterocycles. The van der Waals surface area contributed by atoms with E-state index in [1.165, 1.54) is 26.0 Å². The number of thioether (sulfide) groups is 1. The standard InChI is InChI=1S/C18H19ClN4O3S2/c1-8-9(2)28-17-15(8)16(20)22-18(23-17)27-7-14(24)21-11-6-12(25-3)10(19)5-13(11)26-4/h5-6H,7H2,1-4H3,(H,21,24)(H2,20,22,23). The van der Waals surface area contributed by atoms with Crippen LogP contribution in [0.2, 0.25) is 5.02 Å². The van der Waals surface area contributed by atoms with Gasteiger partial charge in [0.05, 0.1) is 36.1 Å². The number of nitrogens with one attached hydrogen (secondary N) is 1. The van der Waals surface area contributed by atoms with E-state index in [1.54, 1.807) is 23.5 Å². The Labute approximate surface area is 175 Å². The van der Waals surface area contributed by atoms with E-state index >= 15 is 0 Å². The molecule has 28 heavy (non-hydrogen) atoms. The number of fused-ring (bicyclic) bond motifs is 1. The molecule has 7 nitrogen and oxygen atoms in total. The SMILES string of the molecule is COc1cc(NC(=O)CSc2nc(N)c3c(C)c(C)sc3n2)c(OC)cc1Cl. The quantitative estimate of drug-likeness (QED) is 0.437. The molecule has 148 valence electrons. The number of thiophene rings is 1. The normalized spacial score (nSPS) is 10.9. The molecule has 0 saturated carbocycles. The van der Waals surface area contributed by atoms with Gasteiger partial charge in [0.25, 0.3) is 0 Å². The Morgan fingerprint density at radius 2 is 1.96 bits per heavy atom. The smallest absolute Gasteiger partial charge is 0.234 e. The van der Waals surface area contributed by atoms with Crippen molar-refractivity contribution in [2.24, 2.45) is 0 Å². The predicted molar refractivity (Wildman–Crippen MR) is 115 cm³/mol. The molecule has 0 fully saturated rings. The third-order valence-electron chi connectivity index (χ3n) is 4.12. The molecular formula is C18H19ClN4O3S2. The number of halogens is 1. The van der Waals surface area contributed by atoms with Gasteiger partial charge in [-0.05, 0) is 19.4 Å². The summed E-state index contributed by atoms with van der Waals surface area (Å²) in [5, 5.41) is 4.53. The van der Waals surface area contributed by atoms with Gasteiger partial charge in [0, 0.05) is 17.0 Å². The van der Waals surface area contributed by atoms with Crippen LogP contribution in [-0.4, -0.2) is 35.8 Å². The summed E-state index contributed by atoms with van der Waals surface area (Å²) in [5.41, 5.74) is 7.64. The van der Waals surface area contributed by atoms with Crippen LogP contribution in [-0.2, 0) is 4.79 Å². The number of nitrogen functional groups attached to an aromatic ring is 1. The molecule has 0 aliphatic carbocycles. The van der Waals surface area contributed by atoms with Crippen molar-refractivity contribution in [3.8, 4) is 11.5 Å². The molecule has 0 radical (unpaired) electrons. The minimum absolute atomic E-state index is 0.113. The average Bonchev–Trinajstić information content (AvgIpc) is 2.95. The molecule has 3 rings (SSSR count). The van der Waals surface area contributed by atoms with Gasteiger partial charge < -0.3 is 20.5 Å². The summed E-state index contributed by atoms with van der Waals surface area (Å²) in [4.78, 5) is 23.2. The maximum Gasteiger partial charge on any atom is 0.234 e. The van der Waals surface area contributed by atoms with E-state index in [0.717, 1.165) is 20.7 Å². The van der Waals surface area contributed by atoms with Crippen LogP contribution in [0.1, 0.15) is 10.4 Å². The number of hydrogen-bond acceptors (Lipinski definition) is 8. The maximum atomic E-state index is 12.4. The second-order valence-corrected chi connectivity index (χ2v) is 8.43. The Kier molecular flexibility index (Phi) is 6.17. The minimum atomic E-state index is -0.242. The van der Waals surface area contributed by atoms with Gasteiger partial charge in [-0.1, -0.05) is 23.4 Å². The second kappa shape index (κ2) is 8.42. The van der Waals surface area contributed by atoms with Gasteiger partial charge >= 0.3 is 0 Å². The van der Waals surface area contributed by atoms with E-state index in [4.69, 9.17) is 26.8 Å². The molecule has 0 aliphatic rings. The number of methoxy groups -OCH3 is 2. The molecule has 3 aromatic rings. The number of benzene rings is 1. The van der Waals surface area contributed by atoms with E-state index in [0.29, 0.717) is 33.2 Å². The lowest BCUT2D eigenvalue weighted by molar-refractivity contribution is -0.113. The Morgan fingerprint density at radius 3 is 2.64 bits per heavy atom. The molecule has 2 aromatic heterocycles. The predicted octanol–water partition coefficient (Wildman–Crippen LogP) is 4.29. The topological polar surface area (TPSA) is 99.4 Å². The van der Waals surface area contributed by atoms with E-state index in [2.05, 4.69) is 15.3 Å². The first kappa shape index (κ1) is 20.5. The molecule has 0 atom stereocenters. The highest BCUT2D eigenvalue weighted by Crippen LogP contribution is 2.36. The molecule has 0 saturated heterocycles. The fourth-order valence-corrected chi connectivity index (χ4v) is 4.58. The highest BCUT2D eigenvalue weighted by molar-refractivity contribution is 7.99. The maximum absolute atomic E-state index is 12.4. The number of amides is 1. The number of carbonyl (C=O) groups excluding carboxylic acids is 1. The van der Waals surface area contributed by atoms with Gasteiger partial charge in [0.2, 0.25) is 5.91 Å². The number of hydrogen-bond donors (Lipinski definition) is 2. The van der Waals surface area contributed by atoms with Gasteiger partial charge in [-0.15, -0.1) is 11.3 Å². The molecule has 0 unspecified atom stereocenters. The molecule has 0 spiro atoms. The van der Waals surface area contributed by atoms with Crippen molar-refractivity contribution in [3.63, 3.8) is 0 Å². The largest absolute Gasteiger partial charge is 0.495 e. The molecule has 1 aromatic carbocycles. The van der Waals surface area contributed by atoms with E-state index in [1.807, 2.05) is 13.8 Å². The first-order valence-corrected chi connectivity index (χ1v) is 10.4. The van der Waals surface area contributed by atoms with Crippen molar-refractivity contribution in [2.45, 2.75) is 19.0 Å². The van der Waals surface area contributed by atoms with Crippen molar-refractivity contribution in [1.82, 2.24) is 9.97 Å². The van der Waals surface area contributed by atoms with E-state index in [-0.39, 0.29) is 11.7 Å². The van der Waals surface area contributed by atoms with Gasteiger partial charge in [-0.2, -0.15) is 0 Å². The Balaban J connectivity index is 1.74. The molecule has 1 amide bonds. The fraction of sp³-hybridized carbons (Fsp3) is 0.278. The summed E-state index contributed by atoms with van der Waals surface area (Å²) in [7, 11) is 3.00. The zero-order valence-electron chi connectivity index (χ0n) is 15.8. The Bertz CT molecular complexity index is 1060. The number of ether oxygens (including phenoxy) is 2. The number of rotatable bonds is 6. The lowest BCUT2D eigenvalue weighted by atomic mass is 10.2. The van der Waals surface area contributed by atoms with Crippen LogP contribution in [0, 0.1) is 13.8 Å². The van der Waals surface area contributed by atoms with Crippen LogP contribution < -0.4 is 20.5 Å².